The Morgan fingerprint density at radius 2 is 2.29 bits per heavy atom. The molecule has 1 atom stereocenters. The van der Waals surface area contributed by atoms with Gasteiger partial charge in [-0.1, -0.05) is 6.07 Å². The van der Waals surface area contributed by atoms with E-state index < -0.39 is 0 Å². The number of pyridine rings is 1. The van der Waals surface area contributed by atoms with E-state index in [9.17, 15) is 0 Å². The van der Waals surface area contributed by atoms with Gasteiger partial charge in [0.05, 0.1) is 17.9 Å². The Morgan fingerprint density at radius 1 is 1.41 bits per heavy atom. The minimum atomic E-state index is 0.470. The minimum Gasteiger partial charge on any atom is -0.376 e. The summed E-state index contributed by atoms with van der Waals surface area (Å²) in [6.07, 6.45) is 6.46. The predicted octanol–water partition coefficient (Wildman–Crippen LogP) is 4.01. The van der Waals surface area contributed by atoms with Crippen LogP contribution in [0.3, 0.4) is 0 Å². The average molecular weight is 244 g/mol. The van der Waals surface area contributed by atoms with E-state index in [0.717, 1.165) is 11.6 Å². The van der Waals surface area contributed by atoms with Gasteiger partial charge in [0.25, 0.3) is 0 Å². The Balaban J connectivity index is 1.84. The number of rotatable bonds is 4. The second-order valence-corrected chi connectivity index (χ2v) is 5.64. The fourth-order valence-electron chi connectivity index (χ4n) is 2.10. The second-order valence-electron chi connectivity index (χ2n) is 4.67. The Labute approximate surface area is 106 Å². The third-order valence-corrected chi connectivity index (χ3v) is 4.25. The summed E-state index contributed by atoms with van der Waals surface area (Å²) in [6, 6.07) is 6.89. The summed E-state index contributed by atoms with van der Waals surface area (Å²) >= 11 is 1.84. The van der Waals surface area contributed by atoms with Crippen molar-refractivity contribution in [1.82, 2.24) is 4.98 Å². The van der Waals surface area contributed by atoms with Crippen LogP contribution in [0.1, 0.15) is 29.3 Å². The third kappa shape index (κ3) is 2.34. The van der Waals surface area contributed by atoms with Crippen molar-refractivity contribution in [2.75, 3.05) is 5.32 Å². The van der Waals surface area contributed by atoms with Gasteiger partial charge in [0, 0.05) is 11.1 Å². The molecule has 0 aliphatic heterocycles. The number of hydrogen-bond acceptors (Lipinski definition) is 3. The van der Waals surface area contributed by atoms with E-state index >= 15 is 0 Å². The molecular formula is C14H16N2S. The van der Waals surface area contributed by atoms with E-state index in [1.165, 1.54) is 23.3 Å². The van der Waals surface area contributed by atoms with Crippen LogP contribution in [0.5, 0.6) is 0 Å². The maximum absolute atomic E-state index is 4.20. The van der Waals surface area contributed by atoms with Crippen LogP contribution in [0.2, 0.25) is 0 Å². The van der Waals surface area contributed by atoms with Crippen molar-refractivity contribution in [2.24, 2.45) is 5.92 Å². The molecule has 2 heterocycles. The molecule has 0 bridgehead atoms. The molecule has 1 aliphatic rings. The number of aryl methyl sites for hydroxylation is 1. The van der Waals surface area contributed by atoms with E-state index in [2.05, 4.69) is 40.8 Å². The van der Waals surface area contributed by atoms with Crippen molar-refractivity contribution in [3.63, 3.8) is 0 Å². The van der Waals surface area contributed by atoms with Gasteiger partial charge in [-0.3, -0.25) is 4.98 Å². The molecule has 1 N–H and O–H groups in total. The number of aromatic nitrogens is 1. The SMILES string of the molecule is Cc1ccncc1NC(c1cccs1)C1CC1. The van der Waals surface area contributed by atoms with Crippen molar-refractivity contribution in [3.8, 4) is 0 Å². The highest BCUT2D eigenvalue weighted by atomic mass is 32.1. The monoisotopic (exact) mass is 244 g/mol. The Hall–Kier alpha value is -1.35. The maximum atomic E-state index is 4.20. The molecule has 0 radical (unpaired) electrons. The molecule has 1 unspecified atom stereocenters. The van der Waals surface area contributed by atoms with Crippen LogP contribution in [0.4, 0.5) is 5.69 Å². The van der Waals surface area contributed by atoms with Crippen molar-refractivity contribution < 1.29 is 0 Å². The largest absolute Gasteiger partial charge is 0.376 e. The first-order chi connectivity index (χ1) is 8.34. The van der Waals surface area contributed by atoms with Crippen LogP contribution < -0.4 is 5.32 Å². The first-order valence-corrected chi connectivity index (χ1v) is 6.93. The second kappa shape index (κ2) is 4.49. The van der Waals surface area contributed by atoms with E-state index in [1.807, 2.05) is 23.7 Å². The summed E-state index contributed by atoms with van der Waals surface area (Å²) in [6.45, 7) is 2.13. The van der Waals surface area contributed by atoms with Gasteiger partial charge in [0.2, 0.25) is 0 Å². The summed E-state index contributed by atoms with van der Waals surface area (Å²) in [7, 11) is 0. The lowest BCUT2D eigenvalue weighted by molar-refractivity contribution is 0.690. The zero-order chi connectivity index (χ0) is 11.7. The zero-order valence-electron chi connectivity index (χ0n) is 9.89. The van der Waals surface area contributed by atoms with Crippen LogP contribution in [-0.4, -0.2) is 4.98 Å². The summed E-state index contributed by atoms with van der Waals surface area (Å²) in [4.78, 5) is 5.64. The number of hydrogen-bond donors (Lipinski definition) is 1. The molecule has 3 rings (SSSR count). The molecule has 0 saturated heterocycles. The molecule has 0 amide bonds. The quantitative estimate of drug-likeness (QED) is 0.878. The number of anilines is 1. The van der Waals surface area contributed by atoms with Gasteiger partial charge >= 0.3 is 0 Å². The molecule has 1 aliphatic carbocycles. The van der Waals surface area contributed by atoms with Crippen molar-refractivity contribution >= 4 is 17.0 Å². The molecule has 2 aromatic heterocycles. The van der Waals surface area contributed by atoms with E-state index in [0.29, 0.717) is 6.04 Å². The standard InChI is InChI=1S/C14H16N2S/c1-10-6-7-15-9-12(10)16-14(11-4-5-11)13-3-2-8-17-13/h2-3,6-9,11,14,16H,4-5H2,1H3. The van der Waals surface area contributed by atoms with Gasteiger partial charge in [-0.2, -0.15) is 0 Å². The molecule has 3 heteroatoms. The van der Waals surface area contributed by atoms with Gasteiger partial charge in [-0.05, 0) is 48.8 Å². The molecular weight excluding hydrogens is 228 g/mol. The van der Waals surface area contributed by atoms with Crippen molar-refractivity contribution in [2.45, 2.75) is 25.8 Å². The first kappa shape index (κ1) is 10.8. The lowest BCUT2D eigenvalue weighted by Crippen LogP contribution is -2.12. The van der Waals surface area contributed by atoms with Gasteiger partial charge in [0.15, 0.2) is 0 Å². The molecule has 2 aromatic rings. The number of nitrogens with one attached hydrogen (secondary N) is 1. The summed E-state index contributed by atoms with van der Waals surface area (Å²) in [5.74, 6) is 0.799. The maximum Gasteiger partial charge on any atom is 0.0635 e. The van der Waals surface area contributed by atoms with Crippen molar-refractivity contribution in [3.05, 3.63) is 46.4 Å². The zero-order valence-corrected chi connectivity index (χ0v) is 10.7. The molecule has 2 nitrogen and oxygen atoms in total. The molecule has 0 spiro atoms. The molecule has 88 valence electrons. The fourth-order valence-corrected chi connectivity index (χ4v) is 2.97. The van der Waals surface area contributed by atoms with Crippen molar-refractivity contribution in [1.29, 1.82) is 0 Å². The van der Waals surface area contributed by atoms with Crippen LogP contribution in [0.15, 0.2) is 36.0 Å². The Bertz CT molecular complexity index is 489. The summed E-state index contributed by atoms with van der Waals surface area (Å²) in [5, 5.41) is 5.81. The fraction of sp³-hybridized carbons (Fsp3) is 0.357. The van der Waals surface area contributed by atoms with E-state index in [1.54, 1.807) is 0 Å². The van der Waals surface area contributed by atoms with Crippen LogP contribution in [-0.2, 0) is 0 Å². The molecule has 1 fully saturated rings. The van der Waals surface area contributed by atoms with Gasteiger partial charge in [-0.25, -0.2) is 0 Å². The number of nitrogens with zero attached hydrogens (tertiary/aromatic N) is 1. The third-order valence-electron chi connectivity index (χ3n) is 3.29. The first-order valence-electron chi connectivity index (χ1n) is 6.05. The van der Waals surface area contributed by atoms with E-state index in [-0.39, 0.29) is 0 Å². The van der Waals surface area contributed by atoms with Gasteiger partial charge in [-0.15, -0.1) is 11.3 Å². The highest BCUT2D eigenvalue weighted by molar-refractivity contribution is 7.10. The minimum absolute atomic E-state index is 0.470. The lowest BCUT2D eigenvalue weighted by Gasteiger charge is -2.19. The summed E-state index contributed by atoms with van der Waals surface area (Å²) in [5.41, 5.74) is 2.43. The van der Waals surface area contributed by atoms with Crippen LogP contribution >= 0.6 is 11.3 Å². The summed E-state index contributed by atoms with van der Waals surface area (Å²) < 4.78 is 0. The molecule has 1 saturated carbocycles. The van der Waals surface area contributed by atoms with Crippen LogP contribution in [0, 0.1) is 12.8 Å². The topological polar surface area (TPSA) is 24.9 Å². The molecule has 0 aromatic carbocycles. The Morgan fingerprint density at radius 3 is 2.94 bits per heavy atom. The average Bonchev–Trinajstić information content (AvgIpc) is 3.03. The molecule has 17 heavy (non-hydrogen) atoms. The van der Waals surface area contributed by atoms with Crippen LogP contribution in [0.25, 0.3) is 0 Å². The highest BCUT2D eigenvalue weighted by Crippen LogP contribution is 2.44. The Kier molecular flexibility index (Phi) is 2.85. The number of thiophene rings is 1. The highest BCUT2D eigenvalue weighted by Gasteiger charge is 2.33. The van der Waals surface area contributed by atoms with Gasteiger partial charge < -0.3 is 5.32 Å². The normalized spacial score (nSPS) is 16.8. The van der Waals surface area contributed by atoms with E-state index in [4.69, 9.17) is 0 Å². The smallest absolute Gasteiger partial charge is 0.0635 e. The lowest BCUT2D eigenvalue weighted by atomic mass is 10.1. The van der Waals surface area contributed by atoms with Gasteiger partial charge in [0.1, 0.15) is 0 Å². The predicted molar refractivity (Wildman–Crippen MR) is 72.4 cm³/mol.